The lowest BCUT2D eigenvalue weighted by atomic mass is 10.2. The van der Waals surface area contributed by atoms with Crippen LogP contribution in [0.1, 0.15) is 27.2 Å². The second-order valence-electron chi connectivity index (χ2n) is 5.87. The number of ether oxygens (including phenoxy) is 1. The van der Waals surface area contributed by atoms with Crippen molar-refractivity contribution in [1.82, 2.24) is 0 Å². The first kappa shape index (κ1) is 13.7. The van der Waals surface area contributed by atoms with Gasteiger partial charge < -0.3 is 14.3 Å². The van der Waals surface area contributed by atoms with Gasteiger partial charge in [-0.3, -0.25) is 4.79 Å². The van der Waals surface area contributed by atoms with Gasteiger partial charge >= 0.3 is 5.97 Å². The summed E-state index contributed by atoms with van der Waals surface area (Å²) in [5.41, 5.74) is 0. The molecule has 1 heterocycles. The zero-order valence-electron chi connectivity index (χ0n) is 10.7. The second-order valence-corrected chi connectivity index (χ2v) is 10.7. The first-order chi connectivity index (χ1) is 7.13. The lowest BCUT2D eigenvalue weighted by Gasteiger charge is -2.36. The molecule has 1 aliphatic heterocycles. The number of esters is 1. The Balaban J connectivity index is 2.49. The molecule has 0 aliphatic carbocycles. The monoisotopic (exact) mass is 246 g/mol. The Labute approximate surface area is 98.1 Å². The molecule has 2 atom stereocenters. The molecular formula is C11H22O4Si. The highest BCUT2D eigenvalue weighted by molar-refractivity contribution is 6.74. The Bertz CT molecular complexity index is 270. The van der Waals surface area contributed by atoms with Gasteiger partial charge in [0.15, 0.2) is 14.4 Å². The molecule has 1 rings (SSSR count). The largest absolute Gasteiger partial charge is 0.457 e. The molecule has 0 amide bonds. The Kier molecular flexibility index (Phi) is 3.82. The minimum absolute atomic E-state index is 0.0888. The average Bonchev–Trinajstić information content (AvgIpc) is 2.39. The highest BCUT2D eigenvalue weighted by Crippen LogP contribution is 2.36. The van der Waals surface area contributed by atoms with Crippen LogP contribution < -0.4 is 0 Å². The van der Waals surface area contributed by atoms with Crippen LogP contribution in [-0.2, 0) is 14.0 Å². The van der Waals surface area contributed by atoms with Crippen LogP contribution in [0, 0.1) is 0 Å². The average molecular weight is 246 g/mol. The zero-order valence-corrected chi connectivity index (χ0v) is 11.7. The molecule has 0 saturated carbocycles. The van der Waals surface area contributed by atoms with Gasteiger partial charge in [-0.15, -0.1) is 0 Å². The molecular weight excluding hydrogens is 224 g/mol. The first-order valence-corrected chi connectivity index (χ1v) is 8.56. The lowest BCUT2D eigenvalue weighted by molar-refractivity contribution is -0.143. The molecule has 0 unspecified atom stereocenters. The van der Waals surface area contributed by atoms with E-state index < -0.39 is 20.5 Å². The van der Waals surface area contributed by atoms with Crippen molar-refractivity contribution in [3.63, 3.8) is 0 Å². The molecule has 4 nitrogen and oxygen atoms in total. The van der Waals surface area contributed by atoms with Gasteiger partial charge in [0.05, 0.1) is 13.0 Å². The van der Waals surface area contributed by atoms with Crippen LogP contribution in [0.3, 0.4) is 0 Å². The van der Waals surface area contributed by atoms with Crippen molar-refractivity contribution >= 4 is 14.3 Å². The summed E-state index contributed by atoms with van der Waals surface area (Å²) in [5, 5.41) is 9.67. The highest BCUT2D eigenvalue weighted by atomic mass is 28.4. The summed E-state index contributed by atoms with van der Waals surface area (Å²) in [6.07, 6.45) is -1.11. The van der Waals surface area contributed by atoms with Gasteiger partial charge in [-0.25, -0.2) is 0 Å². The summed E-state index contributed by atoms with van der Waals surface area (Å²) >= 11 is 0. The molecule has 0 aromatic rings. The molecule has 0 radical (unpaired) electrons. The van der Waals surface area contributed by atoms with Gasteiger partial charge in [0.1, 0.15) is 6.10 Å². The van der Waals surface area contributed by atoms with Gasteiger partial charge in [-0.1, -0.05) is 20.8 Å². The first-order valence-electron chi connectivity index (χ1n) is 5.65. The second kappa shape index (κ2) is 4.47. The Hall–Kier alpha value is -0.393. The van der Waals surface area contributed by atoms with Crippen molar-refractivity contribution in [2.75, 3.05) is 6.61 Å². The summed E-state index contributed by atoms with van der Waals surface area (Å²) in [4.78, 5) is 11.0. The molecule has 1 N–H and O–H groups in total. The van der Waals surface area contributed by atoms with E-state index in [1.54, 1.807) is 0 Å². The van der Waals surface area contributed by atoms with E-state index in [1.165, 1.54) is 0 Å². The normalized spacial score (nSPS) is 27.0. The van der Waals surface area contributed by atoms with Crippen molar-refractivity contribution in [3.05, 3.63) is 0 Å². The third-order valence-electron chi connectivity index (χ3n) is 3.50. The SMILES string of the molecule is CC(C)(C)[Si](C)(C)OC[C@H]1OC(=O)C[C@H]1O. The number of hydrogen-bond donors (Lipinski definition) is 1. The fraction of sp³-hybridized carbons (Fsp3) is 0.909. The molecule has 1 aliphatic rings. The van der Waals surface area contributed by atoms with E-state index in [0.29, 0.717) is 6.61 Å². The Morgan fingerprint density at radius 2 is 2.06 bits per heavy atom. The summed E-state index contributed by atoms with van der Waals surface area (Å²) in [6.45, 7) is 11.0. The third-order valence-corrected chi connectivity index (χ3v) is 8.00. The summed E-state index contributed by atoms with van der Waals surface area (Å²) < 4.78 is 10.9. The van der Waals surface area contributed by atoms with E-state index in [0.717, 1.165) is 0 Å². The summed E-state index contributed by atoms with van der Waals surface area (Å²) in [7, 11) is -1.83. The van der Waals surface area contributed by atoms with Crippen LogP contribution in [0.4, 0.5) is 0 Å². The van der Waals surface area contributed by atoms with Gasteiger partial charge in [-0.2, -0.15) is 0 Å². The van der Waals surface area contributed by atoms with Gasteiger partial charge in [-0.05, 0) is 18.1 Å². The molecule has 0 bridgehead atoms. The fourth-order valence-electron chi connectivity index (χ4n) is 1.25. The predicted octanol–water partition coefficient (Wildman–Crippen LogP) is 1.68. The predicted molar refractivity (Wildman–Crippen MR) is 63.7 cm³/mol. The molecule has 5 heteroatoms. The van der Waals surface area contributed by atoms with Gasteiger partial charge in [0.2, 0.25) is 0 Å². The van der Waals surface area contributed by atoms with E-state index in [1.807, 2.05) is 0 Å². The van der Waals surface area contributed by atoms with E-state index in [-0.39, 0.29) is 17.4 Å². The maximum atomic E-state index is 11.0. The quantitative estimate of drug-likeness (QED) is 0.608. The molecule has 1 fully saturated rings. The molecule has 0 aromatic carbocycles. The van der Waals surface area contributed by atoms with E-state index in [4.69, 9.17) is 9.16 Å². The number of carbonyl (C=O) groups is 1. The van der Waals surface area contributed by atoms with Crippen molar-refractivity contribution in [1.29, 1.82) is 0 Å². The lowest BCUT2D eigenvalue weighted by Crippen LogP contribution is -2.43. The van der Waals surface area contributed by atoms with E-state index >= 15 is 0 Å². The van der Waals surface area contributed by atoms with Crippen LogP contribution >= 0.6 is 0 Å². The van der Waals surface area contributed by atoms with Crippen molar-refractivity contribution < 1.29 is 19.1 Å². The van der Waals surface area contributed by atoms with Crippen LogP contribution in [-0.4, -0.2) is 38.2 Å². The van der Waals surface area contributed by atoms with E-state index in [9.17, 15) is 9.90 Å². The third kappa shape index (κ3) is 3.05. The smallest absolute Gasteiger partial charge is 0.309 e. The Morgan fingerprint density at radius 1 is 1.50 bits per heavy atom. The maximum Gasteiger partial charge on any atom is 0.309 e. The fourth-order valence-corrected chi connectivity index (χ4v) is 2.26. The maximum absolute atomic E-state index is 11.0. The number of aliphatic hydroxyl groups excluding tert-OH is 1. The van der Waals surface area contributed by atoms with Crippen LogP contribution in [0.15, 0.2) is 0 Å². The minimum Gasteiger partial charge on any atom is -0.457 e. The molecule has 0 spiro atoms. The highest BCUT2D eigenvalue weighted by Gasteiger charge is 2.40. The molecule has 1 saturated heterocycles. The number of cyclic esters (lactones) is 1. The van der Waals surface area contributed by atoms with E-state index in [2.05, 4.69) is 33.9 Å². The minimum atomic E-state index is -1.83. The zero-order chi connectivity index (χ0) is 12.6. The molecule has 0 aromatic heterocycles. The van der Waals surface area contributed by atoms with Crippen molar-refractivity contribution in [2.24, 2.45) is 0 Å². The number of aliphatic hydroxyl groups is 1. The van der Waals surface area contributed by atoms with Gasteiger partial charge in [0, 0.05) is 0 Å². The van der Waals surface area contributed by atoms with Crippen LogP contribution in [0.2, 0.25) is 18.1 Å². The topological polar surface area (TPSA) is 55.8 Å². The van der Waals surface area contributed by atoms with Crippen LogP contribution in [0.25, 0.3) is 0 Å². The van der Waals surface area contributed by atoms with Crippen molar-refractivity contribution in [2.45, 2.75) is 57.5 Å². The Morgan fingerprint density at radius 3 is 2.44 bits per heavy atom. The van der Waals surface area contributed by atoms with Crippen molar-refractivity contribution in [3.8, 4) is 0 Å². The molecule has 94 valence electrons. The number of rotatable bonds is 3. The molecule has 16 heavy (non-hydrogen) atoms. The number of carbonyl (C=O) groups excluding carboxylic acids is 1. The standard InChI is InChI=1S/C11H22O4Si/c1-11(2,3)16(4,5)14-7-9-8(12)6-10(13)15-9/h8-9,12H,6-7H2,1-5H3/t8-,9-/m1/s1. The van der Waals surface area contributed by atoms with Gasteiger partial charge in [0.25, 0.3) is 0 Å². The van der Waals surface area contributed by atoms with Crippen LogP contribution in [0.5, 0.6) is 0 Å². The number of hydrogen-bond acceptors (Lipinski definition) is 4. The summed E-state index contributed by atoms with van der Waals surface area (Å²) in [5.74, 6) is -0.337. The summed E-state index contributed by atoms with van der Waals surface area (Å²) in [6, 6.07) is 0.